The van der Waals surface area contributed by atoms with Crippen molar-refractivity contribution in [2.45, 2.75) is 42.8 Å². The molecule has 0 aromatic carbocycles. The third-order valence-corrected chi connectivity index (χ3v) is 5.28. The molecule has 1 fully saturated rings. The lowest BCUT2D eigenvalue weighted by Crippen LogP contribution is -2.38. The van der Waals surface area contributed by atoms with Crippen molar-refractivity contribution in [1.29, 1.82) is 0 Å². The first-order valence-electron chi connectivity index (χ1n) is 7.04. The van der Waals surface area contributed by atoms with Crippen LogP contribution in [-0.2, 0) is 17.1 Å². The van der Waals surface area contributed by atoms with Crippen LogP contribution in [0, 0.1) is 0 Å². The second-order valence-corrected chi connectivity index (χ2v) is 7.15. The Hall–Kier alpha value is -1.67. The van der Waals surface area contributed by atoms with Gasteiger partial charge in [0.05, 0.1) is 12.4 Å². The summed E-state index contributed by atoms with van der Waals surface area (Å²) in [5, 5.41) is 4.34. The van der Waals surface area contributed by atoms with Crippen LogP contribution in [0.2, 0.25) is 0 Å². The van der Waals surface area contributed by atoms with Gasteiger partial charge in [0.25, 0.3) is 10.0 Å². The van der Waals surface area contributed by atoms with E-state index in [2.05, 4.69) is 14.8 Å². The minimum absolute atomic E-state index is 0.0242. The number of nitrogens with zero attached hydrogens (tertiary/aromatic N) is 4. The fraction of sp³-hybridized carbons (Fsp3) is 0.538. The lowest BCUT2D eigenvalue weighted by molar-refractivity contribution is 0.293. The van der Waals surface area contributed by atoms with Crippen molar-refractivity contribution >= 4 is 10.0 Å². The van der Waals surface area contributed by atoms with E-state index in [1.54, 1.807) is 17.8 Å². The van der Waals surface area contributed by atoms with Crippen LogP contribution in [0.1, 0.15) is 31.7 Å². The van der Waals surface area contributed by atoms with Crippen LogP contribution in [0.25, 0.3) is 0 Å². The van der Waals surface area contributed by atoms with E-state index in [1.807, 2.05) is 16.9 Å². The van der Waals surface area contributed by atoms with Crippen molar-refractivity contribution in [2.24, 2.45) is 7.05 Å². The maximum atomic E-state index is 12.2. The molecule has 0 saturated heterocycles. The molecular formula is C13H19N5O2S. The molecule has 2 heterocycles. The first-order valence-corrected chi connectivity index (χ1v) is 8.52. The topological polar surface area (TPSA) is 81.8 Å². The minimum atomic E-state index is -3.51. The largest absolute Gasteiger partial charge is 0.339 e. The average molecular weight is 309 g/mol. The second kappa shape index (κ2) is 5.61. The fourth-order valence-electron chi connectivity index (χ4n) is 2.76. The van der Waals surface area contributed by atoms with E-state index in [1.165, 1.54) is 12.5 Å². The zero-order chi connectivity index (χ0) is 14.9. The summed E-state index contributed by atoms with van der Waals surface area (Å²) in [7, 11) is -1.76. The lowest BCUT2D eigenvalue weighted by atomic mass is 9.92. The zero-order valence-corrected chi connectivity index (χ0v) is 12.7. The molecule has 2 aromatic rings. The molecule has 0 aliphatic heterocycles. The van der Waals surface area contributed by atoms with Crippen molar-refractivity contribution in [3.63, 3.8) is 0 Å². The van der Waals surface area contributed by atoms with Crippen LogP contribution in [-0.4, -0.2) is 33.8 Å². The van der Waals surface area contributed by atoms with Gasteiger partial charge in [-0.3, -0.25) is 4.68 Å². The van der Waals surface area contributed by atoms with Gasteiger partial charge in [-0.15, -0.1) is 0 Å². The van der Waals surface area contributed by atoms with E-state index in [0.717, 1.165) is 25.7 Å². The highest BCUT2D eigenvalue weighted by Gasteiger charge is 2.27. The molecule has 0 unspecified atom stereocenters. The zero-order valence-electron chi connectivity index (χ0n) is 11.9. The van der Waals surface area contributed by atoms with E-state index in [-0.39, 0.29) is 11.1 Å². The third kappa shape index (κ3) is 3.16. The number of sulfonamides is 1. The molecule has 1 N–H and O–H groups in total. The SMILES string of the molecule is Cn1cnc(S(=O)(=O)NC2CCC(n3cccn3)CC2)c1. The molecule has 0 amide bonds. The summed E-state index contributed by atoms with van der Waals surface area (Å²) >= 11 is 0. The summed E-state index contributed by atoms with van der Waals surface area (Å²) in [6.07, 6.45) is 10.2. The van der Waals surface area contributed by atoms with Gasteiger partial charge in [0.15, 0.2) is 5.03 Å². The maximum Gasteiger partial charge on any atom is 0.259 e. The van der Waals surface area contributed by atoms with Gasteiger partial charge >= 0.3 is 0 Å². The van der Waals surface area contributed by atoms with Gasteiger partial charge in [0, 0.05) is 31.7 Å². The van der Waals surface area contributed by atoms with Gasteiger partial charge in [-0.25, -0.2) is 18.1 Å². The van der Waals surface area contributed by atoms with Crippen molar-refractivity contribution < 1.29 is 8.42 Å². The number of hydrogen-bond acceptors (Lipinski definition) is 4. The van der Waals surface area contributed by atoms with Gasteiger partial charge in [0.2, 0.25) is 0 Å². The van der Waals surface area contributed by atoms with E-state index in [0.29, 0.717) is 6.04 Å². The summed E-state index contributed by atoms with van der Waals surface area (Å²) in [5.74, 6) is 0. The highest BCUT2D eigenvalue weighted by atomic mass is 32.2. The second-order valence-electron chi connectivity index (χ2n) is 5.49. The van der Waals surface area contributed by atoms with Crippen LogP contribution in [0.4, 0.5) is 0 Å². The molecule has 1 saturated carbocycles. The molecular weight excluding hydrogens is 290 g/mol. The summed E-state index contributed by atoms with van der Waals surface area (Å²) in [6.45, 7) is 0. The molecule has 7 nitrogen and oxygen atoms in total. The van der Waals surface area contributed by atoms with Crippen LogP contribution in [0.3, 0.4) is 0 Å². The van der Waals surface area contributed by atoms with Crippen molar-refractivity contribution in [2.75, 3.05) is 0 Å². The van der Waals surface area contributed by atoms with E-state index < -0.39 is 10.0 Å². The van der Waals surface area contributed by atoms with E-state index in [9.17, 15) is 8.42 Å². The van der Waals surface area contributed by atoms with Crippen LogP contribution in [0.5, 0.6) is 0 Å². The van der Waals surface area contributed by atoms with E-state index in [4.69, 9.17) is 0 Å². The van der Waals surface area contributed by atoms with Crippen molar-refractivity contribution in [1.82, 2.24) is 24.1 Å². The number of hydrogen-bond donors (Lipinski definition) is 1. The quantitative estimate of drug-likeness (QED) is 0.916. The number of nitrogens with one attached hydrogen (secondary N) is 1. The standard InChI is InChI=1S/C13H19N5O2S/c1-17-9-13(14-10-17)21(19,20)16-11-3-5-12(6-4-11)18-8-2-7-15-18/h2,7-12,16H,3-6H2,1H3. The summed E-state index contributed by atoms with van der Waals surface area (Å²) < 4.78 is 30.8. The van der Waals surface area contributed by atoms with Gasteiger partial charge < -0.3 is 4.57 Å². The van der Waals surface area contributed by atoms with Crippen LogP contribution >= 0.6 is 0 Å². The highest BCUT2D eigenvalue weighted by molar-refractivity contribution is 7.89. The minimum Gasteiger partial charge on any atom is -0.339 e. The number of imidazole rings is 1. The predicted octanol–water partition coefficient (Wildman–Crippen LogP) is 1.08. The Bertz CT molecular complexity index is 684. The first kappa shape index (κ1) is 14.3. The van der Waals surface area contributed by atoms with Gasteiger partial charge in [-0.05, 0) is 31.7 Å². The van der Waals surface area contributed by atoms with Gasteiger partial charge in [-0.2, -0.15) is 5.10 Å². The summed E-state index contributed by atoms with van der Waals surface area (Å²) in [6, 6.07) is 2.26. The molecule has 0 radical (unpaired) electrons. The van der Waals surface area contributed by atoms with Crippen LogP contribution in [0.15, 0.2) is 36.0 Å². The van der Waals surface area contributed by atoms with Gasteiger partial charge in [0.1, 0.15) is 0 Å². The Labute approximate surface area is 124 Å². The normalized spacial score (nSPS) is 23.3. The molecule has 114 valence electrons. The summed E-state index contributed by atoms with van der Waals surface area (Å²) in [5.41, 5.74) is 0. The van der Waals surface area contributed by atoms with E-state index >= 15 is 0 Å². The molecule has 1 aliphatic carbocycles. The van der Waals surface area contributed by atoms with Crippen molar-refractivity contribution in [3.8, 4) is 0 Å². The number of aryl methyl sites for hydroxylation is 1. The molecule has 0 bridgehead atoms. The molecule has 21 heavy (non-hydrogen) atoms. The first-order chi connectivity index (χ1) is 10.0. The maximum absolute atomic E-state index is 12.2. The highest BCUT2D eigenvalue weighted by Crippen LogP contribution is 2.28. The smallest absolute Gasteiger partial charge is 0.259 e. The molecule has 0 spiro atoms. The molecule has 3 rings (SSSR count). The Morgan fingerprint density at radius 3 is 2.62 bits per heavy atom. The Kier molecular flexibility index (Phi) is 3.81. The monoisotopic (exact) mass is 309 g/mol. The Morgan fingerprint density at radius 2 is 2.05 bits per heavy atom. The van der Waals surface area contributed by atoms with Gasteiger partial charge in [-0.1, -0.05) is 0 Å². The predicted molar refractivity (Wildman–Crippen MR) is 77.0 cm³/mol. The number of aromatic nitrogens is 4. The molecule has 1 aliphatic rings. The fourth-order valence-corrected chi connectivity index (χ4v) is 4.05. The molecule has 2 aromatic heterocycles. The Morgan fingerprint density at radius 1 is 1.29 bits per heavy atom. The Balaban J connectivity index is 1.60. The molecule has 0 atom stereocenters. The van der Waals surface area contributed by atoms with Crippen LogP contribution < -0.4 is 4.72 Å². The lowest BCUT2D eigenvalue weighted by Gasteiger charge is -2.28. The van der Waals surface area contributed by atoms with Crippen molar-refractivity contribution in [3.05, 3.63) is 31.0 Å². The summed E-state index contributed by atoms with van der Waals surface area (Å²) in [4.78, 5) is 3.91. The number of rotatable bonds is 4. The molecule has 8 heteroatoms. The third-order valence-electron chi connectivity index (χ3n) is 3.87. The average Bonchev–Trinajstić information content (AvgIpc) is 3.10.